The Bertz CT molecular complexity index is 714. The van der Waals surface area contributed by atoms with Crippen LogP contribution < -0.4 is 10.6 Å². The molecule has 2 N–H and O–H groups in total. The minimum atomic E-state index is -0.738. The minimum absolute atomic E-state index is 0.0668. The molecule has 2 fully saturated rings. The molecule has 3 rings (SSSR count). The molecule has 0 bridgehead atoms. The summed E-state index contributed by atoms with van der Waals surface area (Å²) in [6.45, 7) is 1.94. The summed E-state index contributed by atoms with van der Waals surface area (Å²) in [5.41, 5.74) is 0.797. The molecule has 1 heterocycles. The van der Waals surface area contributed by atoms with Gasteiger partial charge < -0.3 is 10.6 Å². The van der Waals surface area contributed by atoms with E-state index in [0.29, 0.717) is 23.6 Å². The molecule has 6 nitrogen and oxygen atoms in total. The van der Waals surface area contributed by atoms with Crippen molar-refractivity contribution >= 4 is 35.1 Å². The highest BCUT2D eigenvalue weighted by molar-refractivity contribution is 6.30. The van der Waals surface area contributed by atoms with Crippen molar-refractivity contribution in [3.8, 4) is 0 Å². The zero-order valence-electron chi connectivity index (χ0n) is 14.2. The molecule has 1 aliphatic carbocycles. The van der Waals surface area contributed by atoms with E-state index in [1.165, 1.54) is 4.90 Å². The van der Waals surface area contributed by atoms with E-state index in [4.69, 9.17) is 11.6 Å². The summed E-state index contributed by atoms with van der Waals surface area (Å²) in [5, 5.41) is 6.25. The zero-order valence-corrected chi connectivity index (χ0v) is 15.0. The maximum atomic E-state index is 12.7. The van der Waals surface area contributed by atoms with Gasteiger partial charge in [0, 0.05) is 23.7 Å². The second-order valence-electron chi connectivity index (χ2n) is 6.79. The number of carbonyl (C=O) groups is 3. The Kier molecular flexibility index (Phi) is 4.99. The summed E-state index contributed by atoms with van der Waals surface area (Å²) in [7, 11) is 0. The summed E-state index contributed by atoms with van der Waals surface area (Å²) < 4.78 is 0. The molecule has 4 amide bonds. The lowest BCUT2D eigenvalue weighted by atomic mass is 9.82. The Hall–Kier alpha value is -2.08. The lowest BCUT2D eigenvalue weighted by Gasteiger charge is -2.30. The number of hydrogen-bond acceptors (Lipinski definition) is 3. The van der Waals surface area contributed by atoms with Crippen molar-refractivity contribution in [2.24, 2.45) is 0 Å². The molecule has 2 aliphatic rings. The molecular formula is C18H22ClN3O3. The first kappa shape index (κ1) is 17.7. The van der Waals surface area contributed by atoms with E-state index in [9.17, 15) is 14.4 Å². The molecule has 1 aromatic carbocycles. The van der Waals surface area contributed by atoms with Crippen molar-refractivity contribution in [3.63, 3.8) is 0 Å². The lowest BCUT2D eigenvalue weighted by molar-refractivity contribution is -0.132. The molecule has 0 aromatic heterocycles. The van der Waals surface area contributed by atoms with Crippen LogP contribution in [-0.4, -0.2) is 34.8 Å². The van der Waals surface area contributed by atoms with Gasteiger partial charge in [-0.3, -0.25) is 14.5 Å². The summed E-state index contributed by atoms with van der Waals surface area (Å²) in [5.74, 6) is -0.428. The third-order valence-electron chi connectivity index (χ3n) is 4.98. The fourth-order valence-electron chi connectivity index (χ4n) is 3.57. The van der Waals surface area contributed by atoms with E-state index >= 15 is 0 Å². The largest absolute Gasteiger partial charge is 0.326 e. The molecule has 1 saturated carbocycles. The normalized spacial score (nSPS) is 19.2. The SMILES string of the molecule is Cc1cc(Cl)ccc1NC(=O)CCN1C(=O)NC2(CCCCC2)C1=O. The number of nitrogens with one attached hydrogen (secondary N) is 2. The standard InChI is InChI=1S/C18H22ClN3O3/c1-12-11-13(19)5-6-14(12)20-15(23)7-10-22-16(24)18(21-17(22)25)8-3-2-4-9-18/h5-6,11H,2-4,7-10H2,1H3,(H,20,23)(H,21,25). The number of halogens is 1. The van der Waals surface area contributed by atoms with Gasteiger partial charge in [0.15, 0.2) is 0 Å². The minimum Gasteiger partial charge on any atom is -0.326 e. The van der Waals surface area contributed by atoms with Crippen LogP contribution in [0.15, 0.2) is 18.2 Å². The number of rotatable bonds is 4. The third kappa shape index (κ3) is 3.63. The van der Waals surface area contributed by atoms with Gasteiger partial charge in [-0.25, -0.2) is 4.79 Å². The number of hydrogen-bond donors (Lipinski definition) is 2. The molecule has 0 atom stereocenters. The Balaban J connectivity index is 1.58. The second-order valence-corrected chi connectivity index (χ2v) is 7.22. The molecular weight excluding hydrogens is 342 g/mol. The first-order valence-corrected chi connectivity index (χ1v) is 8.99. The molecule has 1 spiro atoms. The number of benzene rings is 1. The molecule has 1 aromatic rings. The van der Waals surface area contributed by atoms with Crippen LogP contribution >= 0.6 is 11.6 Å². The van der Waals surface area contributed by atoms with E-state index in [1.54, 1.807) is 18.2 Å². The van der Waals surface area contributed by atoms with Crippen molar-refractivity contribution in [2.75, 3.05) is 11.9 Å². The molecule has 134 valence electrons. The van der Waals surface area contributed by atoms with Gasteiger partial charge in [-0.05, 0) is 43.5 Å². The maximum Gasteiger partial charge on any atom is 0.325 e. The van der Waals surface area contributed by atoms with Gasteiger partial charge in [-0.2, -0.15) is 0 Å². The van der Waals surface area contributed by atoms with Crippen molar-refractivity contribution in [2.45, 2.75) is 51.0 Å². The van der Waals surface area contributed by atoms with Crippen LogP contribution in [0.3, 0.4) is 0 Å². The second kappa shape index (κ2) is 7.04. The van der Waals surface area contributed by atoms with Gasteiger partial charge in [0.1, 0.15) is 5.54 Å². The van der Waals surface area contributed by atoms with Crippen LogP contribution in [0.4, 0.5) is 10.5 Å². The molecule has 1 saturated heterocycles. The van der Waals surface area contributed by atoms with Crippen molar-refractivity contribution in [3.05, 3.63) is 28.8 Å². The Morgan fingerprint density at radius 2 is 2.00 bits per heavy atom. The highest BCUT2D eigenvalue weighted by Gasteiger charge is 2.50. The van der Waals surface area contributed by atoms with Crippen LogP contribution in [0.2, 0.25) is 5.02 Å². The van der Waals surface area contributed by atoms with Gasteiger partial charge in [0.25, 0.3) is 5.91 Å². The number of nitrogens with zero attached hydrogens (tertiary/aromatic N) is 1. The first-order valence-electron chi connectivity index (χ1n) is 8.61. The van der Waals surface area contributed by atoms with Gasteiger partial charge in [0.05, 0.1) is 0 Å². The van der Waals surface area contributed by atoms with Crippen molar-refractivity contribution in [1.29, 1.82) is 0 Å². The Morgan fingerprint density at radius 1 is 1.28 bits per heavy atom. The predicted octanol–water partition coefficient (Wildman–Crippen LogP) is 3.23. The third-order valence-corrected chi connectivity index (χ3v) is 5.21. The van der Waals surface area contributed by atoms with Crippen LogP contribution in [0, 0.1) is 6.92 Å². The zero-order chi connectivity index (χ0) is 18.0. The van der Waals surface area contributed by atoms with E-state index in [1.807, 2.05) is 6.92 Å². The van der Waals surface area contributed by atoms with Crippen LogP contribution in [0.1, 0.15) is 44.1 Å². The van der Waals surface area contributed by atoms with Gasteiger partial charge in [0.2, 0.25) is 5.91 Å². The van der Waals surface area contributed by atoms with Crippen LogP contribution in [0.25, 0.3) is 0 Å². The molecule has 1 aliphatic heterocycles. The van der Waals surface area contributed by atoms with E-state index < -0.39 is 5.54 Å². The number of aryl methyl sites for hydroxylation is 1. The molecule has 0 unspecified atom stereocenters. The smallest absolute Gasteiger partial charge is 0.325 e. The lowest BCUT2D eigenvalue weighted by Crippen LogP contribution is -2.48. The number of imide groups is 1. The number of carbonyl (C=O) groups excluding carboxylic acids is 3. The quantitative estimate of drug-likeness (QED) is 0.806. The van der Waals surface area contributed by atoms with E-state index in [-0.39, 0.29) is 30.8 Å². The summed E-state index contributed by atoms with van der Waals surface area (Å²) >= 11 is 5.90. The van der Waals surface area contributed by atoms with E-state index in [2.05, 4.69) is 10.6 Å². The number of anilines is 1. The van der Waals surface area contributed by atoms with Gasteiger partial charge in [-0.1, -0.05) is 30.9 Å². The monoisotopic (exact) mass is 363 g/mol. The predicted molar refractivity (Wildman–Crippen MR) is 95.5 cm³/mol. The Labute approximate surface area is 151 Å². The maximum absolute atomic E-state index is 12.7. The van der Waals surface area contributed by atoms with Gasteiger partial charge in [-0.15, -0.1) is 0 Å². The summed E-state index contributed by atoms with van der Waals surface area (Å²) in [4.78, 5) is 38.2. The average molecular weight is 364 g/mol. The van der Waals surface area contributed by atoms with Crippen molar-refractivity contribution < 1.29 is 14.4 Å². The fraction of sp³-hybridized carbons (Fsp3) is 0.500. The first-order chi connectivity index (χ1) is 11.9. The number of urea groups is 1. The average Bonchev–Trinajstić information content (AvgIpc) is 2.79. The summed E-state index contributed by atoms with van der Waals surface area (Å²) in [6, 6.07) is 4.82. The van der Waals surface area contributed by atoms with Crippen LogP contribution in [0.5, 0.6) is 0 Å². The fourth-order valence-corrected chi connectivity index (χ4v) is 3.79. The molecule has 0 radical (unpaired) electrons. The van der Waals surface area contributed by atoms with Crippen molar-refractivity contribution in [1.82, 2.24) is 10.2 Å². The van der Waals surface area contributed by atoms with Crippen LogP contribution in [-0.2, 0) is 9.59 Å². The van der Waals surface area contributed by atoms with E-state index in [0.717, 1.165) is 24.8 Å². The molecule has 25 heavy (non-hydrogen) atoms. The molecule has 7 heteroatoms. The number of amides is 4. The highest BCUT2D eigenvalue weighted by atomic mass is 35.5. The summed E-state index contributed by atoms with van der Waals surface area (Å²) in [6.07, 6.45) is 4.41. The van der Waals surface area contributed by atoms with Gasteiger partial charge >= 0.3 is 6.03 Å². The topological polar surface area (TPSA) is 78.5 Å². The Morgan fingerprint density at radius 3 is 2.68 bits per heavy atom. The highest BCUT2D eigenvalue weighted by Crippen LogP contribution is 2.33.